The average molecular weight is 231 g/mol. The lowest BCUT2D eigenvalue weighted by atomic mass is 10.1. The quantitative estimate of drug-likeness (QED) is 0.610. The van der Waals surface area contributed by atoms with Crippen LogP contribution in [-0.2, 0) is 0 Å². The Hall–Kier alpha value is -2.28. The molecule has 0 fully saturated rings. The molecule has 0 bridgehead atoms. The number of aromatic carboxylic acids is 1. The Kier molecular flexibility index (Phi) is 4.77. The topological polar surface area (TPSA) is 66.4 Å². The minimum Gasteiger partial charge on any atom is -0.478 e. The van der Waals surface area contributed by atoms with Crippen LogP contribution >= 0.6 is 0 Å². The summed E-state index contributed by atoms with van der Waals surface area (Å²) < 4.78 is 0. The molecule has 0 saturated carbocycles. The van der Waals surface area contributed by atoms with Crippen LogP contribution in [0.25, 0.3) is 0 Å². The van der Waals surface area contributed by atoms with E-state index in [0.29, 0.717) is 18.5 Å². The average Bonchev–Trinajstić information content (AvgIpc) is 2.34. The predicted octanol–water partition coefficient (Wildman–Crippen LogP) is 1.53. The summed E-state index contributed by atoms with van der Waals surface area (Å²) in [6.45, 7) is 2.19. The van der Waals surface area contributed by atoms with Crippen LogP contribution in [0.4, 0.5) is 0 Å². The van der Waals surface area contributed by atoms with Crippen molar-refractivity contribution >= 4 is 11.9 Å². The van der Waals surface area contributed by atoms with Crippen molar-refractivity contribution in [2.24, 2.45) is 0 Å². The van der Waals surface area contributed by atoms with Crippen LogP contribution in [0.15, 0.2) is 24.3 Å². The number of hydrogen-bond donors (Lipinski definition) is 2. The minimum atomic E-state index is -1.04. The highest BCUT2D eigenvalue weighted by molar-refractivity contribution is 5.97. The second-order valence-corrected chi connectivity index (χ2v) is 3.32. The fourth-order valence-corrected chi connectivity index (χ4v) is 1.26. The maximum absolute atomic E-state index is 11.6. The zero-order chi connectivity index (χ0) is 12.7. The molecule has 1 aromatic rings. The van der Waals surface area contributed by atoms with E-state index in [1.165, 1.54) is 12.1 Å². The molecule has 0 saturated heterocycles. The molecule has 0 heterocycles. The van der Waals surface area contributed by atoms with Crippen molar-refractivity contribution < 1.29 is 14.7 Å². The second kappa shape index (κ2) is 6.33. The van der Waals surface area contributed by atoms with Crippen LogP contribution in [-0.4, -0.2) is 23.5 Å². The number of carboxylic acids is 1. The number of rotatable bonds is 4. The van der Waals surface area contributed by atoms with Gasteiger partial charge in [-0.25, -0.2) is 4.79 Å². The van der Waals surface area contributed by atoms with Gasteiger partial charge in [-0.15, -0.1) is 11.8 Å². The number of carbonyl (C=O) groups excluding carboxylic acids is 1. The van der Waals surface area contributed by atoms with E-state index in [-0.39, 0.29) is 11.5 Å². The van der Waals surface area contributed by atoms with Gasteiger partial charge in [0.05, 0.1) is 5.56 Å². The van der Waals surface area contributed by atoms with E-state index < -0.39 is 5.97 Å². The first kappa shape index (κ1) is 12.8. The molecule has 0 aliphatic rings. The summed E-state index contributed by atoms with van der Waals surface area (Å²) in [6.07, 6.45) is 0.584. The van der Waals surface area contributed by atoms with Gasteiger partial charge >= 0.3 is 5.97 Å². The smallest absolute Gasteiger partial charge is 0.335 e. The van der Waals surface area contributed by atoms with E-state index in [2.05, 4.69) is 17.2 Å². The number of amides is 1. The standard InChI is InChI=1S/C13H13NO3/c1-2-3-4-8-14-12(15)10-6-5-7-11(9-10)13(16)17/h5-7,9H,4,8H2,1H3,(H,14,15)(H,16,17). The first-order valence-corrected chi connectivity index (χ1v) is 5.16. The Morgan fingerprint density at radius 2 is 2.06 bits per heavy atom. The molecule has 17 heavy (non-hydrogen) atoms. The summed E-state index contributed by atoms with van der Waals surface area (Å²) >= 11 is 0. The zero-order valence-corrected chi connectivity index (χ0v) is 9.49. The van der Waals surface area contributed by atoms with Crippen molar-refractivity contribution in [2.45, 2.75) is 13.3 Å². The molecule has 2 N–H and O–H groups in total. The molecular weight excluding hydrogens is 218 g/mol. The summed E-state index contributed by atoms with van der Waals surface area (Å²) in [5.74, 6) is 4.22. The van der Waals surface area contributed by atoms with E-state index in [1.54, 1.807) is 19.1 Å². The number of hydrogen-bond acceptors (Lipinski definition) is 2. The van der Waals surface area contributed by atoms with Gasteiger partial charge in [0.15, 0.2) is 0 Å². The van der Waals surface area contributed by atoms with Crippen LogP contribution < -0.4 is 5.32 Å². The van der Waals surface area contributed by atoms with E-state index in [4.69, 9.17) is 5.11 Å². The number of carbonyl (C=O) groups is 2. The summed E-state index contributed by atoms with van der Waals surface area (Å²) in [5, 5.41) is 11.5. The molecule has 1 aromatic carbocycles. The van der Waals surface area contributed by atoms with Crippen LogP contribution in [0, 0.1) is 11.8 Å². The van der Waals surface area contributed by atoms with Crippen LogP contribution in [0.1, 0.15) is 34.1 Å². The molecule has 0 unspecified atom stereocenters. The lowest BCUT2D eigenvalue weighted by molar-refractivity contribution is 0.0697. The van der Waals surface area contributed by atoms with Gasteiger partial charge in [0.1, 0.15) is 0 Å². The molecule has 0 aliphatic carbocycles. The van der Waals surface area contributed by atoms with E-state index in [1.807, 2.05) is 0 Å². The Balaban J connectivity index is 2.64. The molecule has 0 radical (unpaired) electrons. The van der Waals surface area contributed by atoms with Gasteiger partial charge in [0, 0.05) is 18.5 Å². The predicted molar refractivity (Wildman–Crippen MR) is 63.8 cm³/mol. The van der Waals surface area contributed by atoms with Crippen LogP contribution in [0.2, 0.25) is 0 Å². The number of benzene rings is 1. The highest BCUT2D eigenvalue weighted by Crippen LogP contribution is 2.05. The molecule has 0 spiro atoms. The lowest BCUT2D eigenvalue weighted by Crippen LogP contribution is -2.24. The summed E-state index contributed by atoms with van der Waals surface area (Å²) in [6, 6.07) is 5.92. The first-order valence-electron chi connectivity index (χ1n) is 5.16. The molecule has 88 valence electrons. The van der Waals surface area contributed by atoms with Gasteiger partial charge in [-0.05, 0) is 25.1 Å². The van der Waals surface area contributed by atoms with E-state index >= 15 is 0 Å². The Morgan fingerprint density at radius 3 is 2.71 bits per heavy atom. The second-order valence-electron chi connectivity index (χ2n) is 3.32. The third kappa shape index (κ3) is 3.99. The third-order valence-corrected chi connectivity index (χ3v) is 2.08. The van der Waals surface area contributed by atoms with Gasteiger partial charge < -0.3 is 10.4 Å². The van der Waals surface area contributed by atoms with Crippen LogP contribution in [0.3, 0.4) is 0 Å². The molecule has 0 aromatic heterocycles. The molecule has 0 atom stereocenters. The summed E-state index contributed by atoms with van der Waals surface area (Å²) in [7, 11) is 0. The first-order chi connectivity index (χ1) is 8.15. The fraction of sp³-hybridized carbons (Fsp3) is 0.231. The van der Waals surface area contributed by atoms with Crippen molar-refractivity contribution in [1.29, 1.82) is 0 Å². The van der Waals surface area contributed by atoms with Crippen molar-refractivity contribution in [1.82, 2.24) is 5.32 Å². The molecule has 4 nitrogen and oxygen atoms in total. The lowest BCUT2D eigenvalue weighted by Gasteiger charge is -2.03. The van der Waals surface area contributed by atoms with Gasteiger partial charge in [0.2, 0.25) is 0 Å². The highest BCUT2D eigenvalue weighted by Gasteiger charge is 2.08. The molecule has 1 rings (SSSR count). The third-order valence-electron chi connectivity index (χ3n) is 2.08. The minimum absolute atomic E-state index is 0.103. The highest BCUT2D eigenvalue weighted by atomic mass is 16.4. The normalized spacial score (nSPS) is 9.00. The van der Waals surface area contributed by atoms with Crippen molar-refractivity contribution in [2.75, 3.05) is 6.54 Å². The summed E-state index contributed by atoms with van der Waals surface area (Å²) in [5.41, 5.74) is 0.445. The number of nitrogens with one attached hydrogen (secondary N) is 1. The van der Waals surface area contributed by atoms with Crippen molar-refractivity contribution in [3.05, 3.63) is 35.4 Å². The number of carboxylic acid groups (broad SMARTS) is 1. The fourth-order valence-electron chi connectivity index (χ4n) is 1.26. The Labute approximate surface area is 99.7 Å². The molecule has 1 amide bonds. The van der Waals surface area contributed by atoms with E-state index in [9.17, 15) is 9.59 Å². The van der Waals surface area contributed by atoms with Gasteiger partial charge in [-0.2, -0.15) is 0 Å². The summed E-state index contributed by atoms with van der Waals surface area (Å²) in [4.78, 5) is 22.4. The monoisotopic (exact) mass is 231 g/mol. The zero-order valence-electron chi connectivity index (χ0n) is 9.49. The molecule has 0 aliphatic heterocycles. The Morgan fingerprint density at radius 1 is 1.35 bits per heavy atom. The molecular formula is C13H13NO3. The Bertz CT molecular complexity index is 483. The molecule has 4 heteroatoms. The largest absolute Gasteiger partial charge is 0.478 e. The van der Waals surface area contributed by atoms with Crippen LogP contribution in [0.5, 0.6) is 0 Å². The van der Waals surface area contributed by atoms with E-state index in [0.717, 1.165) is 0 Å². The van der Waals surface area contributed by atoms with Crippen molar-refractivity contribution in [3.63, 3.8) is 0 Å². The SMILES string of the molecule is CC#CCCNC(=O)c1cccc(C(=O)O)c1. The van der Waals surface area contributed by atoms with Gasteiger partial charge in [-0.1, -0.05) is 6.07 Å². The van der Waals surface area contributed by atoms with Gasteiger partial charge in [0.25, 0.3) is 5.91 Å². The van der Waals surface area contributed by atoms with Crippen molar-refractivity contribution in [3.8, 4) is 11.8 Å². The van der Waals surface area contributed by atoms with Gasteiger partial charge in [-0.3, -0.25) is 4.79 Å². The maximum Gasteiger partial charge on any atom is 0.335 e. The maximum atomic E-state index is 11.6.